The van der Waals surface area contributed by atoms with Gasteiger partial charge in [-0.3, -0.25) is 4.79 Å². The van der Waals surface area contributed by atoms with Crippen LogP contribution in [0.5, 0.6) is 5.75 Å². The summed E-state index contributed by atoms with van der Waals surface area (Å²) in [5, 5.41) is 19.6. The molecule has 200 valence electrons. The van der Waals surface area contributed by atoms with E-state index in [9.17, 15) is 15.3 Å². The molecule has 4 heteroatoms. The van der Waals surface area contributed by atoms with Crippen LogP contribution in [0.15, 0.2) is 36.4 Å². The summed E-state index contributed by atoms with van der Waals surface area (Å²) in [6.07, 6.45) is 15.6. The summed E-state index contributed by atoms with van der Waals surface area (Å²) < 4.78 is 5.42. The third-order valence-electron chi connectivity index (χ3n) is 9.20. The van der Waals surface area contributed by atoms with Crippen LogP contribution in [0.25, 0.3) is 0 Å². The molecule has 5 rings (SSSR count). The third-order valence-corrected chi connectivity index (χ3v) is 9.20. The van der Waals surface area contributed by atoms with E-state index < -0.39 is 0 Å². The molecule has 3 aliphatic carbocycles. The zero-order valence-electron chi connectivity index (χ0n) is 23.2. The Morgan fingerprint density at radius 1 is 0.921 bits per heavy atom. The minimum atomic E-state index is -0.362. The fraction of sp³-hybridized carbons (Fsp3) is 0.559. The zero-order chi connectivity index (χ0) is 27.0. The van der Waals surface area contributed by atoms with E-state index in [-0.39, 0.29) is 17.3 Å². The van der Waals surface area contributed by atoms with Gasteiger partial charge in [0.25, 0.3) is 0 Å². The number of carbonyl (C=O) groups is 1. The standard InChI is InChI=1S/C34H42N2O2/c1-3-5-7-8-29-22-26-18-20-34(29,21-19-26)28-15-11-25(12-16-28)10-13-27-14-17-32(31(24-36)30(27)23-35)38-33(37)9-6-4-2/h11-12,14-17,26,29H,3-10,13,18-22H2,1-2H3. The lowest BCUT2D eigenvalue weighted by Gasteiger charge is -2.53. The number of aryl methyl sites for hydroxylation is 2. The molecule has 0 saturated heterocycles. The first-order chi connectivity index (χ1) is 18.5. The second-order valence-electron chi connectivity index (χ2n) is 11.5. The van der Waals surface area contributed by atoms with E-state index >= 15 is 0 Å². The molecule has 2 aromatic carbocycles. The lowest BCUT2D eigenvalue weighted by atomic mass is 9.51. The van der Waals surface area contributed by atoms with Gasteiger partial charge in [0.1, 0.15) is 23.5 Å². The maximum Gasteiger partial charge on any atom is 0.311 e. The average Bonchev–Trinajstić information content (AvgIpc) is 2.96. The number of benzene rings is 2. The Kier molecular flexibility index (Phi) is 9.63. The van der Waals surface area contributed by atoms with Gasteiger partial charge in [-0.15, -0.1) is 0 Å². The molecule has 38 heavy (non-hydrogen) atoms. The highest BCUT2D eigenvalue weighted by Crippen LogP contribution is 2.56. The predicted molar refractivity (Wildman–Crippen MR) is 151 cm³/mol. The van der Waals surface area contributed by atoms with Crippen LogP contribution >= 0.6 is 0 Å². The van der Waals surface area contributed by atoms with Gasteiger partial charge in [0.2, 0.25) is 0 Å². The summed E-state index contributed by atoms with van der Waals surface area (Å²) in [5.41, 5.74) is 4.43. The number of esters is 1. The van der Waals surface area contributed by atoms with Crippen molar-refractivity contribution in [2.45, 2.75) is 109 Å². The summed E-state index contributed by atoms with van der Waals surface area (Å²) in [6.45, 7) is 4.30. The second kappa shape index (κ2) is 13.1. The largest absolute Gasteiger partial charge is 0.425 e. The van der Waals surface area contributed by atoms with Gasteiger partial charge in [-0.25, -0.2) is 0 Å². The average molecular weight is 511 g/mol. The van der Waals surface area contributed by atoms with Crippen LogP contribution in [0.3, 0.4) is 0 Å². The van der Waals surface area contributed by atoms with Crippen LogP contribution in [0, 0.1) is 34.5 Å². The van der Waals surface area contributed by atoms with Gasteiger partial charge in [-0.2, -0.15) is 10.5 Å². The number of rotatable bonds is 12. The first kappa shape index (κ1) is 27.9. The topological polar surface area (TPSA) is 73.9 Å². The van der Waals surface area contributed by atoms with Crippen LogP contribution in [-0.2, 0) is 23.1 Å². The van der Waals surface area contributed by atoms with Gasteiger partial charge in [0, 0.05) is 6.42 Å². The molecule has 3 aliphatic rings. The molecule has 2 aromatic rings. The summed E-state index contributed by atoms with van der Waals surface area (Å²) in [4.78, 5) is 12.1. The summed E-state index contributed by atoms with van der Waals surface area (Å²) in [6, 6.07) is 17.1. The molecule has 2 bridgehead atoms. The smallest absolute Gasteiger partial charge is 0.311 e. The Hall–Kier alpha value is -3.11. The summed E-state index contributed by atoms with van der Waals surface area (Å²) in [7, 11) is 0. The molecule has 0 radical (unpaired) electrons. The molecule has 0 aliphatic heterocycles. The Morgan fingerprint density at radius 2 is 1.63 bits per heavy atom. The molecule has 4 nitrogen and oxygen atoms in total. The van der Waals surface area contributed by atoms with Gasteiger partial charge in [0.15, 0.2) is 0 Å². The summed E-state index contributed by atoms with van der Waals surface area (Å²) in [5.74, 6) is 1.60. The maximum absolute atomic E-state index is 12.1. The number of unbranched alkanes of at least 4 members (excludes halogenated alkanes) is 3. The minimum Gasteiger partial charge on any atom is -0.425 e. The van der Waals surface area contributed by atoms with Gasteiger partial charge < -0.3 is 4.74 Å². The van der Waals surface area contributed by atoms with Crippen molar-refractivity contribution < 1.29 is 9.53 Å². The molecule has 0 N–H and O–H groups in total. The van der Waals surface area contributed by atoms with Crippen molar-refractivity contribution in [3.05, 3.63) is 64.2 Å². The molecule has 3 fully saturated rings. The highest BCUT2D eigenvalue weighted by atomic mass is 16.5. The van der Waals surface area contributed by atoms with Crippen molar-refractivity contribution in [1.82, 2.24) is 0 Å². The van der Waals surface area contributed by atoms with Gasteiger partial charge in [-0.1, -0.05) is 69.9 Å². The van der Waals surface area contributed by atoms with E-state index in [0.717, 1.165) is 36.7 Å². The van der Waals surface area contributed by atoms with Crippen molar-refractivity contribution in [2.75, 3.05) is 0 Å². The number of hydrogen-bond donors (Lipinski definition) is 0. The maximum atomic E-state index is 12.1. The molecule has 1 atom stereocenters. The molecule has 0 heterocycles. The SMILES string of the molecule is CCCCCC1CC2CCC1(c1ccc(CCc3ccc(OC(=O)CCCC)c(C#N)c3C#N)cc1)CC2. The first-order valence-corrected chi connectivity index (χ1v) is 14.8. The first-order valence-electron chi connectivity index (χ1n) is 14.8. The number of nitrogens with zero attached hydrogens (tertiary/aromatic N) is 2. The van der Waals surface area contributed by atoms with E-state index in [1.807, 2.05) is 13.0 Å². The summed E-state index contributed by atoms with van der Waals surface area (Å²) >= 11 is 0. The number of carbonyl (C=O) groups excluding carboxylic acids is 1. The van der Waals surface area contributed by atoms with E-state index in [4.69, 9.17) is 4.74 Å². The number of hydrogen-bond acceptors (Lipinski definition) is 4. The van der Waals surface area contributed by atoms with Crippen LogP contribution in [-0.4, -0.2) is 5.97 Å². The molecule has 0 spiro atoms. The fourth-order valence-corrected chi connectivity index (χ4v) is 6.96. The second-order valence-corrected chi connectivity index (χ2v) is 11.5. The Balaban J connectivity index is 1.46. The van der Waals surface area contributed by atoms with Crippen LogP contribution < -0.4 is 4.74 Å². The Labute approximate surface area is 229 Å². The van der Waals surface area contributed by atoms with Gasteiger partial charge in [-0.05, 0) is 97.8 Å². The van der Waals surface area contributed by atoms with Gasteiger partial charge >= 0.3 is 5.97 Å². The van der Waals surface area contributed by atoms with Crippen molar-refractivity contribution in [3.8, 4) is 17.9 Å². The normalized spacial score (nSPS) is 22.0. The minimum absolute atomic E-state index is 0.159. The number of nitriles is 2. The fourth-order valence-electron chi connectivity index (χ4n) is 6.96. The zero-order valence-corrected chi connectivity index (χ0v) is 23.2. The molecule has 0 aromatic heterocycles. The Morgan fingerprint density at radius 3 is 2.29 bits per heavy atom. The van der Waals surface area contributed by atoms with Crippen LogP contribution in [0.2, 0.25) is 0 Å². The molecule has 0 amide bonds. The van der Waals surface area contributed by atoms with Crippen LogP contribution in [0.1, 0.15) is 119 Å². The lowest BCUT2D eigenvalue weighted by molar-refractivity contribution is -0.134. The molecular formula is C34H42N2O2. The van der Waals surface area contributed by atoms with E-state index in [1.54, 1.807) is 6.07 Å². The van der Waals surface area contributed by atoms with E-state index in [2.05, 4.69) is 43.3 Å². The molecule has 3 saturated carbocycles. The van der Waals surface area contributed by atoms with Crippen molar-refractivity contribution in [3.63, 3.8) is 0 Å². The quantitative estimate of drug-likeness (QED) is 0.163. The number of ether oxygens (including phenoxy) is 1. The van der Waals surface area contributed by atoms with Gasteiger partial charge in [0.05, 0.1) is 5.56 Å². The molecule has 1 unspecified atom stereocenters. The number of fused-ring (bicyclic) bond motifs is 3. The van der Waals surface area contributed by atoms with Crippen molar-refractivity contribution in [1.29, 1.82) is 10.5 Å². The molecular weight excluding hydrogens is 468 g/mol. The third kappa shape index (κ3) is 6.13. The monoisotopic (exact) mass is 510 g/mol. The van der Waals surface area contributed by atoms with E-state index in [1.165, 1.54) is 68.9 Å². The van der Waals surface area contributed by atoms with E-state index in [0.29, 0.717) is 23.8 Å². The van der Waals surface area contributed by atoms with Crippen molar-refractivity contribution in [2.24, 2.45) is 11.8 Å². The Bertz CT molecular complexity index is 1180. The lowest BCUT2D eigenvalue weighted by Crippen LogP contribution is -2.45. The highest BCUT2D eigenvalue weighted by Gasteiger charge is 2.47. The van der Waals surface area contributed by atoms with Crippen molar-refractivity contribution >= 4 is 5.97 Å². The predicted octanol–water partition coefficient (Wildman–Crippen LogP) is 8.34. The van der Waals surface area contributed by atoms with Crippen LogP contribution in [0.4, 0.5) is 0 Å². The highest BCUT2D eigenvalue weighted by molar-refractivity contribution is 5.74.